The summed E-state index contributed by atoms with van der Waals surface area (Å²) < 4.78 is 7.64. The highest BCUT2D eigenvalue weighted by Gasteiger charge is 2.17. The SMILES string of the molecule is [B]c1cnn2c(NCCCN(C)C(=O)c3ccccc3Oc3ccccc3)cc(-c3ccccc3Cl)nc12. The van der Waals surface area contributed by atoms with Gasteiger partial charge in [-0.25, -0.2) is 4.98 Å². The molecular formula is C29H25BClN5O2. The lowest BCUT2D eigenvalue weighted by Crippen LogP contribution is -2.29. The van der Waals surface area contributed by atoms with E-state index in [0.29, 0.717) is 58.4 Å². The van der Waals surface area contributed by atoms with Crippen LogP contribution in [0.5, 0.6) is 11.5 Å². The van der Waals surface area contributed by atoms with Gasteiger partial charge in [0.05, 0.1) is 11.3 Å². The molecule has 0 spiro atoms. The van der Waals surface area contributed by atoms with Gasteiger partial charge in [-0.3, -0.25) is 4.79 Å². The number of halogens is 1. The fourth-order valence-electron chi connectivity index (χ4n) is 4.10. The van der Waals surface area contributed by atoms with Crippen molar-refractivity contribution < 1.29 is 9.53 Å². The maximum atomic E-state index is 13.2. The van der Waals surface area contributed by atoms with E-state index in [4.69, 9.17) is 24.2 Å². The summed E-state index contributed by atoms with van der Waals surface area (Å²) in [7, 11) is 7.90. The van der Waals surface area contributed by atoms with Crippen LogP contribution < -0.4 is 15.5 Å². The van der Waals surface area contributed by atoms with Crippen LogP contribution in [0, 0.1) is 0 Å². The molecule has 3 aromatic carbocycles. The molecular weight excluding hydrogens is 497 g/mol. The Bertz CT molecular complexity index is 1570. The van der Waals surface area contributed by atoms with E-state index in [2.05, 4.69) is 15.4 Å². The van der Waals surface area contributed by atoms with Crippen molar-refractivity contribution in [3.05, 3.63) is 102 Å². The maximum absolute atomic E-state index is 13.2. The Balaban J connectivity index is 1.25. The van der Waals surface area contributed by atoms with Gasteiger partial charge >= 0.3 is 0 Å². The molecule has 0 unspecified atom stereocenters. The first-order valence-corrected chi connectivity index (χ1v) is 12.6. The van der Waals surface area contributed by atoms with E-state index >= 15 is 0 Å². The summed E-state index contributed by atoms with van der Waals surface area (Å²) in [6.45, 7) is 1.14. The molecule has 1 amide bonds. The number of carbonyl (C=O) groups is 1. The van der Waals surface area contributed by atoms with Gasteiger partial charge in [-0.2, -0.15) is 9.61 Å². The van der Waals surface area contributed by atoms with Gasteiger partial charge in [-0.05, 0) is 42.2 Å². The molecule has 2 aromatic heterocycles. The molecule has 188 valence electrons. The van der Waals surface area contributed by atoms with E-state index in [1.807, 2.05) is 72.8 Å². The molecule has 0 aliphatic heterocycles. The third-order valence-corrected chi connectivity index (χ3v) is 6.39. The van der Waals surface area contributed by atoms with Crippen LogP contribution in [0.25, 0.3) is 16.9 Å². The average Bonchev–Trinajstić information content (AvgIpc) is 3.32. The molecule has 7 nitrogen and oxygen atoms in total. The first-order chi connectivity index (χ1) is 18.5. The number of hydrogen-bond acceptors (Lipinski definition) is 5. The van der Waals surface area contributed by atoms with Crippen LogP contribution in [0.4, 0.5) is 5.82 Å². The maximum Gasteiger partial charge on any atom is 0.257 e. The number of fused-ring (bicyclic) bond motifs is 1. The fraction of sp³-hybridized carbons (Fsp3) is 0.138. The molecule has 0 aliphatic carbocycles. The van der Waals surface area contributed by atoms with Crippen LogP contribution in [-0.4, -0.2) is 53.4 Å². The first-order valence-electron chi connectivity index (χ1n) is 12.2. The van der Waals surface area contributed by atoms with Gasteiger partial charge in [0.2, 0.25) is 0 Å². The number of para-hydroxylation sites is 2. The summed E-state index contributed by atoms with van der Waals surface area (Å²) in [6, 6.07) is 26.1. The number of anilines is 1. The lowest BCUT2D eigenvalue weighted by Gasteiger charge is -2.19. The van der Waals surface area contributed by atoms with E-state index in [9.17, 15) is 4.79 Å². The van der Waals surface area contributed by atoms with Crippen LogP contribution in [0.2, 0.25) is 5.02 Å². The third kappa shape index (κ3) is 5.50. The van der Waals surface area contributed by atoms with Crippen molar-refractivity contribution in [1.82, 2.24) is 19.5 Å². The Morgan fingerprint density at radius 2 is 1.79 bits per heavy atom. The molecule has 0 fully saturated rings. The molecule has 2 radical (unpaired) electrons. The van der Waals surface area contributed by atoms with Gasteiger partial charge in [-0.1, -0.05) is 60.1 Å². The van der Waals surface area contributed by atoms with Gasteiger partial charge < -0.3 is 15.0 Å². The van der Waals surface area contributed by atoms with Crippen LogP contribution in [0.15, 0.2) is 91.1 Å². The number of benzene rings is 3. The highest BCUT2D eigenvalue weighted by atomic mass is 35.5. The zero-order valence-corrected chi connectivity index (χ0v) is 21.6. The van der Waals surface area contributed by atoms with E-state index in [-0.39, 0.29) is 5.91 Å². The molecule has 1 N–H and O–H groups in total. The number of hydrogen-bond donors (Lipinski definition) is 1. The lowest BCUT2D eigenvalue weighted by molar-refractivity contribution is 0.0792. The van der Waals surface area contributed by atoms with E-state index in [0.717, 1.165) is 11.4 Å². The molecule has 0 saturated carbocycles. The van der Waals surface area contributed by atoms with Crippen LogP contribution >= 0.6 is 11.6 Å². The van der Waals surface area contributed by atoms with E-state index < -0.39 is 0 Å². The summed E-state index contributed by atoms with van der Waals surface area (Å²) in [5, 5.41) is 8.37. The zero-order chi connectivity index (χ0) is 26.5. The van der Waals surface area contributed by atoms with Gasteiger partial charge in [-0.15, -0.1) is 0 Å². The quantitative estimate of drug-likeness (QED) is 0.213. The van der Waals surface area contributed by atoms with Gasteiger partial charge in [0.25, 0.3) is 5.91 Å². The minimum absolute atomic E-state index is 0.108. The molecule has 0 bridgehead atoms. The number of amides is 1. The number of aromatic nitrogens is 3. The lowest BCUT2D eigenvalue weighted by atomic mass is 10.0. The number of nitrogens with one attached hydrogen (secondary N) is 1. The van der Waals surface area contributed by atoms with Crippen molar-refractivity contribution in [3.63, 3.8) is 0 Å². The normalized spacial score (nSPS) is 10.9. The highest BCUT2D eigenvalue weighted by molar-refractivity contribution is 6.36. The highest BCUT2D eigenvalue weighted by Crippen LogP contribution is 2.28. The number of ether oxygens (including phenoxy) is 1. The van der Waals surface area contributed by atoms with Crippen molar-refractivity contribution in [1.29, 1.82) is 0 Å². The van der Waals surface area contributed by atoms with Crippen LogP contribution in [0.3, 0.4) is 0 Å². The fourth-order valence-corrected chi connectivity index (χ4v) is 4.33. The molecule has 38 heavy (non-hydrogen) atoms. The summed E-state index contributed by atoms with van der Waals surface area (Å²) in [4.78, 5) is 19.6. The zero-order valence-electron chi connectivity index (χ0n) is 20.8. The average molecular weight is 522 g/mol. The second-order valence-electron chi connectivity index (χ2n) is 8.76. The Kier molecular flexibility index (Phi) is 7.61. The van der Waals surface area contributed by atoms with Gasteiger partial charge in [0, 0.05) is 43.0 Å². The first kappa shape index (κ1) is 25.4. The van der Waals surface area contributed by atoms with Crippen LogP contribution in [0.1, 0.15) is 16.8 Å². The standard InChI is InChI=1S/C29H25BClN5O2/c1-35(29(37)22-13-6-8-15-26(22)38-20-10-3-2-4-11-20)17-9-16-32-27-18-25(21-12-5-7-14-24(21)31)34-28-23(30)19-33-36(27)28/h2-8,10-15,18-19,32H,9,16-17H2,1H3. The van der Waals surface area contributed by atoms with Gasteiger partial charge in [0.1, 0.15) is 25.2 Å². The monoisotopic (exact) mass is 521 g/mol. The Morgan fingerprint density at radius 1 is 1.05 bits per heavy atom. The largest absolute Gasteiger partial charge is 0.457 e. The molecule has 5 aromatic rings. The summed E-state index contributed by atoms with van der Waals surface area (Å²) in [6.07, 6.45) is 2.28. The topological polar surface area (TPSA) is 71.8 Å². The van der Waals surface area contributed by atoms with E-state index in [1.54, 1.807) is 34.8 Å². The molecule has 2 heterocycles. The second kappa shape index (κ2) is 11.4. The van der Waals surface area contributed by atoms with Crippen molar-refractivity contribution in [2.24, 2.45) is 0 Å². The number of nitrogens with zero attached hydrogens (tertiary/aromatic N) is 4. The Morgan fingerprint density at radius 3 is 2.61 bits per heavy atom. The predicted octanol–water partition coefficient (Wildman–Crippen LogP) is 5.21. The summed E-state index contributed by atoms with van der Waals surface area (Å²) >= 11 is 6.41. The smallest absolute Gasteiger partial charge is 0.257 e. The molecule has 0 saturated heterocycles. The van der Waals surface area contributed by atoms with Gasteiger partial charge in [0.15, 0.2) is 5.65 Å². The van der Waals surface area contributed by atoms with Crippen molar-refractivity contribution in [2.75, 3.05) is 25.5 Å². The van der Waals surface area contributed by atoms with Crippen molar-refractivity contribution in [2.45, 2.75) is 6.42 Å². The van der Waals surface area contributed by atoms with Crippen molar-refractivity contribution >= 4 is 42.3 Å². The predicted molar refractivity (Wildman–Crippen MR) is 152 cm³/mol. The summed E-state index contributed by atoms with van der Waals surface area (Å²) in [5.74, 6) is 1.83. The minimum atomic E-state index is -0.108. The Labute approximate surface area is 227 Å². The summed E-state index contributed by atoms with van der Waals surface area (Å²) in [5.41, 5.74) is 3.04. The van der Waals surface area contributed by atoms with Crippen molar-refractivity contribution in [3.8, 4) is 22.8 Å². The van der Waals surface area contributed by atoms with E-state index in [1.165, 1.54) is 0 Å². The third-order valence-electron chi connectivity index (χ3n) is 6.06. The number of carbonyl (C=O) groups excluding carboxylic acids is 1. The number of rotatable bonds is 9. The molecule has 0 atom stereocenters. The Hall–Kier alpha value is -4.30. The molecule has 9 heteroatoms. The molecule has 5 rings (SSSR count). The second-order valence-corrected chi connectivity index (χ2v) is 9.17. The minimum Gasteiger partial charge on any atom is -0.457 e. The molecule has 0 aliphatic rings. The van der Waals surface area contributed by atoms with Crippen LogP contribution in [-0.2, 0) is 0 Å².